The van der Waals surface area contributed by atoms with Gasteiger partial charge in [-0.15, -0.1) is 0 Å². The second kappa shape index (κ2) is 5.57. The van der Waals surface area contributed by atoms with Crippen molar-refractivity contribution in [3.8, 4) is 11.5 Å². The lowest BCUT2D eigenvalue weighted by Gasteiger charge is -2.19. The molecule has 0 aliphatic heterocycles. The van der Waals surface area contributed by atoms with E-state index >= 15 is 0 Å². The lowest BCUT2D eigenvalue weighted by atomic mass is 9.88. The summed E-state index contributed by atoms with van der Waals surface area (Å²) in [5, 5.41) is 19.2. The summed E-state index contributed by atoms with van der Waals surface area (Å²) in [6.45, 7) is 5.86. The second-order valence-corrected chi connectivity index (χ2v) is 4.19. The van der Waals surface area contributed by atoms with Gasteiger partial charge in [-0.05, 0) is 18.9 Å². The SMILES string of the molecule is CCOc1cccc(C(C(=O)O)C(C)C)c1O. The van der Waals surface area contributed by atoms with Crippen molar-refractivity contribution in [1.29, 1.82) is 0 Å². The van der Waals surface area contributed by atoms with Gasteiger partial charge in [0.15, 0.2) is 11.5 Å². The molecule has 0 bridgehead atoms. The van der Waals surface area contributed by atoms with E-state index in [-0.39, 0.29) is 11.7 Å². The topological polar surface area (TPSA) is 66.8 Å². The fraction of sp³-hybridized carbons (Fsp3) is 0.462. The lowest BCUT2D eigenvalue weighted by molar-refractivity contribution is -0.139. The molecule has 1 rings (SSSR count). The molecular weight excluding hydrogens is 220 g/mol. The number of aliphatic carboxylic acids is 1. The van der Waals surface area contributed by atoms with E-state index in [1.165, 1.54) is 0 Å². The van der Waals surface area contributed by atoms with Gasteiger partial charge >= 0.3 is 5.97 Å². The minimum Gasteiger partial charge on any atom is -0.504 e. The molecule has 0 aromatic heterocycles. The highest BCUT2D eigenvalue weighted by atomic mass is 16.5. The Labute approximate surface area is 101 Å². The first kappa shape index (κ1) is 13.4. The van der Waals surface area contributed by atoms with Crippen LogP contribution in [0.3, 0.4) is 0 Å². The molecule has 4 nitrogen and oxygen atoms in total. The van der Waals surface area contributed by atoms with Crippen molar-refractivity contribution in [2.24, 2.45) is 5.92 Å². The number of benzene rings is 1. The van der Waals surface area contributed by atoms with Crippen molar-refractivity contribution >= 4 is 5.97 Å². The van der Waals surface area contributed by atoms with Gasteiger partial charge in [0.05, 0.1) is 12.5 Å². The fourth-order valence-corrected chi connectivity index (χ4v) is 1.84. The zero-order chi connectivity index (χ0) is 13.0. The maximum Gasteiger partial charge on any atom is 0.311 e. The van der Waals surface area contributed by atoms with E-state index in [1.807, 2.05) is 20.8 Å². The van der Waals surface area contributed by atoms with Gasteiger partial charge in [0, 0.05) is 5.56 Å². The van der Waals surface area contributed by atoms with Crippen LogP contribution in [0.1, 0.15) is 32.3 Å². The standard InChI is InChI=1S/C13H18O4/c1-4-17-10-7-5-6-9(12(10)14)11(8(2)3)13(15)16/h5-8,11,14H,4H2,1-3H3,(H,15,16). The van der Waals surface area contributed by atoms with Crippen LogP contribution in [-0.4, -0.2) is 22.8 Å². The van der Waals surface area contributed by atoms with Crippen molar-refractivity contribution in [3.05, 3.63) is 23.8 Å². The molecular formula is C13H18O4. The molecule has 1 aromatic rings. The summed E-state index contributed by atoms with van der Waals surface area (Å²) >= 11 is 0. The fourth-order valence-electron chi connectivity index (χ4n) is 1.84. The highest BCUT2D eigenvalue weighted by Crippen LogP contribution is 2.37. The van der Waals surface area contributed by atoms with E-state index in [1.54, 1.807) is 18.2 Å². The molecule has 1 unspecified atom stereocenters. The Kier molecular flexibility index (Phi) is 4.37. The molecule has 0 spiro atoms. The zero-order valence-electron chi connectivity index (χ0n) is 10.3. The number of carboxylic acids is 1. The van der Waals surface area contributed by atoms with Gasteiger partial charge in [-0.3, -0.25) is 4.79 Å². The third kappa shape index (κ3) is 2.90. The van der Waals surface area contributed by atoms with Gasteiger partial charge in [0.25, 0.3) is 0 Å². The summed E-state index contributed by atoms with van der Waals surface area (Å²) < 4.78 is 5.24. The first-order chi connectivity index (χ1) is 7.99. The van der Waals surface area contributed by atoms with E-state index in [0.717, 1.165) is 0 Å². The highest BCUT2D eigenvalue weighted by molar-refractivity contribution is 5.78. The number of hydrogen-bond donors (Lipinski definition) is 2. The summed E-state index contributed by atoms with van der Waals surface area (Å²) in [4.78, 5) is 11.2. The molecule has 0 aliphatic carbocycles. The zero-order valence-corrected chi connectivity index (χ0v) is 10.3. The summed E-state index contributed by atoms with van der Waals surface area (Å²) in [6, 6.07) is 4.94. The van der Waals surface area contributed by atoms with E-state index in [0.29, 0.717) is 17.9 Å². The number of para-hydroxylation sites is 1. The van der Waals surface area contributed by atoms with E-state index in [4.69, 9.17) is 4.74 Å². The van der Waals surface area contributed by atoms with Crippen molar-refractivity contribution in [2.45, 2.75) is 26.7 Å². The molecule has 0 heterocycles. The maximum atomic E-state index is 11.2. The van der Waals surface area contributed by atoms with Gasteiger partial charge in [0.1, 0.15) is 0 Å². The Hall–Kier alpha value is -1.71. The molecule has 0 saturated carbocycles. The minimum absolute atomic E-state index is 0.0737. The van der Waals surface area contributed by atoms with Crippen LogP contribution >= 0.6 is 0 Å². The number of carbonyl (C=O) groups is 1. The summed E-state index contributed by atoms with van der Waals surface area (Å²) in [7, 11) is 0. The smallest absolute Gasteiger partial charge is 0.311 e. The molecule has 0 aliphatic rings. The maximum absolute atomic E-state index is 11.2. The van der Waals surface area contributed by atoms with Gasteiger partial charge in [-0.2, -0.15) is 0 Å². The molecule has 4 heteroatoms. The van der Waals surface area contributed by atoms with Gasteiger partial charge in [-0.1, -0.05) is 26.0 Å². The minimum atomic E-state index is -0.941. The predicted molar refractivity (Wildman–Crippen MR) is 64.5 cm³/mol. The van der Waals surface area contributed by atoms with Crippen LogP contribution in [0.15, 0.2) is 18.2 Å². The molecule has 0 radical (unpaired) electrons. The van der Waals surface area contributed by atoms with Crippen LogP contribution in [0.4, 0.5) is 0 Å². The van der Waals surface area contributed by atoms with Crippen molar-refractivity contribution in [1.82, 2.24) is 0 Å². The average molecular weight is 238 g/mol. The number of rotatable bonds is 5. The first-order valence-corrected chi connectivity index (χ1v) is 5.66. The molecule has 17 heavy (non-hydrogen) atoms. The van der Waals surface area contributed by atoms with E-state index < -0.39 is 11.9 Å². The van der Waals surface area contributed by atoms with E-state index in [2.05, 4.69) is 0 Å². The van der Waals surface area contributed by atoms with Crippen LogP contribution in [-0.2, 0) is 4.79 Å². The number of carboxylic acid groups (broad SMARTS) is 1. The molecule has 1 aromatic carbocycles. The van der Waals surface area contributed by atoms with Crippen molar-refractivity contribution in [3.63, 3.8) is 0 Å². The molecule has 2 N–H and O–H groups in total. The molecule has 94 valence electrons. The van der Waals surface area contributed by atoms with Crippen LogP contribution in [0.25, 0.3) is 0 Å². The summed E-state index contributed by atoms with van der Waals surface area (Å²) in [6.07, 6.45) is 0. The normalized spacial score (nSPS) is 12.5. The Morgan fingerprint density at radius 2 is 2.06 bits per heavy atom. The quantitative estimate of drug-likeness (QED) is 0.827. The Morgan fingerprint density at radius 3 is 2.53 bits per heavy atom. The molecule has 0 fully saturated rings. The summed E-state index contributed by atoms with van der Waals surface area (Å²) in [5.41, 5.74) is 0.401. The molecule has 1 atom stereocenters. The average Bonchev–Trinajstić information content (AvgIpc) is 2.23. The number of aromatic hydroxyl groups is 1. The third-order valence-electron chi connectivity index (χ3n) is 2.60. The van der Waals surface area contributed by atoms with Crippen LogP contribution < -0.4 is 4.74 Å². The largest absolute Gasteiger partial charge is 0.504 e. The number of ether oxygens (including phenoxy) is 1. The Balaban J connectivity index is 3.20. The first-order valence-electron chi connectivity index (χ1n) is 5.66. The van der Waals surface area contributed by atoms with Crippen LogP contribution in [0, 0.1) is 5.92 Å². The number of phenols is 1. The Morgan fingerprint density at radius 1 is 1.41 bits per heavy atom. The lowest BCUT2D eigenvalue weighted by Crippen LogP contribution is -2.17. The van der Waals surface area contributed by atoms with Crippen molar-refractivity contribution in [2.75, 3.05) is 6.61 Å². The van der Waals surface area contributed by atoms with Crippen LogP contribution in [0.2, 0.25) is 0 Å². The molecule has 0 saturated heterocycles. The van der Waals surface area contributed by atoms with Gasteiger partial charge in [-0.25, -0.2) is 0 Å². The Bertz CT molecular complexity index is 398. The molecule has 0 amide bonds. The second-order valence-electron chi connectivity index (χ2n) is 4.19. The van der Waals surface area contributed by atoms with Crippen molar-refractivity contribution < 1.29 is 19.7 Å². The third-order valence-corrected chi connectivity index (χ3v) is 2.60. The van der Waals surface area contributed by atoms with Crippen LogP contribution in [0.5, 0.6) is 11.5 Å². The summed E-state index contributed by atoms with van der Waals surface area (Å²) in [5.74, 6) is -1.51. The highest BCUT2D eigenvalue weighted by Gasteiger charge is 2.27. The number of hydrogen-bond acceptors (Lipinski definition) is 3. The van der Waals surface area contributed by atoms with Gasteiger partial charge < -0.3 is 14.9 Å². The predicted octanol–water partition coefficient (Wildman–Crippen LogP) is 2.62. The van der Waals surface area contributed by atoms with E-state index in [9.17, 15) is 15.0 Å². The monoisotopic (exact) mass is 238 g/mol. The van der Waals surface area contributed by atoms with Gasteiger partial charge in [0.2, 0.25) is 0 Å². The number of phenolic OH excluding ortho intramolecular Hbond substituents is 1.